The van der Waals surface area contributed by atoms with Gasteiger partial charge >= 0.3 is 0 Å². The molecule has 2 saturated carbocycles. The van der Waals surface area contributed by atoms with Crippen molar-refractivity contribution < 1.29 is 23.8 Å². The predicted octanol–water partition coefficient (Wildman–Crippen LogP) is 4.26. The number of ether oxygens (including phenoxy) is 2. The number of anilines is 1. The molecule has 0 unspecified atom stereocenters. The summed E-state index contributed by atoms with van der Waals surface area (Å²) in [5, 5.41) is 13.7. The topological polar surface area (TPSA) is 113 Å². The number of hydrogen-bond acceptors (Lipinski definition) is 9. The quantitative estimate of drug-likeness (QED) is 0.391. The van der Waals surface area contributed by atoms with Gasteiger partial charge < -0.3 is 29.7 Å². The van der Waals surface area contributed by atoms with Crippen LogP contribution in [0.2, 0.25) is 0 Å². The number of aromatic nitrogens is 3. The number of rotatable bonds is 8. The van der Waals surface area contributed by atoms with E-state index in [1.54, 1.807) is 18.0 Å². The first-order valence-electron chi connectivity index (χ1n) is 15.5. The maximum absolute atomic E-state index is 14.5. The molecule has 10 nitrogen and oxygen atoms in total. The fraction of sp³-hybridized carbons (Fsp3) is 0.515. The van der Waals surface area contributed by atoms with Crippen LogP contribution in [0.25, 0.3) is 0 Å². The second-order valence-corrected chi connectivity index (χ2v) is 13.5. The molecule has 1 saturated heterocycles. The van der Waals surface area contributed by atoms with Gasteiger partial charge in [0, 0.05) is 67.6 Å². The highest BCUT2D eigenvalue weighted by molar-refractivity contribution is 5.97. The third-order valence-electron chi connectivity index (χ3n) is 9.50. The van der Waals surface area contributed by atoms with Gasteiger partial charge in [-0.2, -0.15) is 0 Å². The number of pyridine rings is 1. The lowest BCUT2D eigenvalue weighted by atomic mass is 9.61. The van der Waals surface area contributed by atoms with Crippen LogP contribution in [-0.2, 0) is 13.0 Å². The first-order chi connectivity index (χ1) is 21.1. The Morgan fingerprint density at radius 3 is 2.68 bits per heavy atom. The standard InChI is InChI=1S/C33H39FN6O4/c1-20(2)40(22-11-32(3,42)12-22)31(41)24-10-21(34)4-5-27(24)44-29-16-36-19-38-30(29)39-17-33(18-39)13-23(14-33)43-28-7-9-37-26-6-8-35-15-25(26)28/h4-5,7,9-10,16,19-20,22-23,35,42H,6,8,11-15,17-18H2,1-3H3. The lowest BCUT2D eigenvalue weighted by Gasteiger charge is -2.59. The second-order valence-electron chi connectivity index (χ2n) is 13.5. The summed E-state index contributed by atoms with van der Waals surface area (Å²) in [6.45, 7) is 8.97. The van der Waals surface area contributed by atoms with Crippen LogP contribution < -0.4 is 19.7 Å². The minimum absolute atomic E-state index is 0.127. The molecule has 1 aromatic carbocycles. The van der Waals surface area contributed by atoms with E-state index in [0.29, 0.717) is 24.4 Å². The molecule has 0 radical (unpaired) electrons. The predicted molar refractivity (Wildman–Crippen MR) is 161 cm³/mol. The normalized spacial score (nSPS) is 23.8. The first-order valence-corrected chi connectivity index (χ1v) is 15.5. The smallest absolute Gasteiger partial charge is 0.258 e. The molecular formula is C33H39FN6O4. The number of hydrogen-bond donors (Lipinski definition) is 2. The summed E-state index contributed by atoms with van der Waals surface area (Å²) in [5.41, 5.74) is 1.80. The van der Waals surface area contributed by atoms with Crippen molar-refractivity contribution in [3.63, 3.8) is 0 Å². The van der Waals surface area contributed by atoms with Gasteiger partial charge in [0.1, 0.15) is 29.7 Å². The van der Waals surface area contributed by atoms with Crippen LogP contribution >= 0.6 is 0 Å². The number of carbonyl (C=O) groups is 1. The van der Waals surface area contributed by atoms with Gasteiger partial charge in [-0.1, -0.05) is 0 Å². The molecule has 11 heteroatoms. The maximum atomic E-state index is 14.5. The highest BCUT2D eigenvalue weighted by Gasteiger charge is 2.54. The SMILES string of the molecule is CC(C)N(C(=O)c1cc(F)ccc1Oc1cncnc1N1CC2(CC(Oc3ccnc4c3CNCC4)C2)C1)C1CC(C)(O)C1. The Morgan fingerprint density at radius 2 is 1.93 bits per heavy atom. The fourth-order valence-electron chi connectivity index (χ4n) is 7.40. The number of nitrogens with one attached hydrogen (secondary N) is 1. The fourth-order valence-corrected chi connectivity index (χ4v) is 7.40. The van der Waals surface area contributed by atoms with E-state index in [-0.39, 0.29) is 40.8 Å². The molecule has 2 N–H and O–H groups in total. The summed E-state index contributed by atoms with van der Waals surface area (Å²) >= 11 is 0. The van der Waals surface area contributed by atoms with E-state index in [1.165, 1.54) is 30.1 Å². The molecule has 44 heavy (non-hydrogen) atoms. The molecule has 232 valence electrons. The van der Waals surface area contributed by atoms with Crippen molar-refractivity contribution in [2.45, 2.75) is 83.2 Å². The van der Waals surface area contributed by atoms with Gasteiger partial charge in [0.15, 0.2) is 11.6 Å². The lowest BCUT2D eigenvalue weighted by molar-refractivity contribution is -0.0750. The molecule has 1 amide bonds. The largest absolute Gasteiger partial charge is 0.490 e. The van der Waals surface area contributed by atoms with E-state index in [1.807, 2.05) is 26.1 Å². The van der Waals surface area contributed by atoms with Crippen LogP contribution in [0.15, 0.2) is 43.0 Å². The van der Waals surface area contributed by atoms with E-state index in [0.717, 1.165) is 56.9 Å². The van der Waals surface area contributed by atoms with Gasteiger partial charge in [-0.05, 0) is 70.7 Å². The van der Waals surface area contributed by atoms with Crippen molar-refractivity contribution in [1.82, 2.24) is 25.2 Å². The zero-order valence-electron chi connectivity index (χ0n) is 25.4. The van der Waals surface area contributed by atoms with Gasteiger partial charge in [-0.3, -0.25) is 9.78 Å². The number of amides is 1. The van der Waals surface area contributed by atoms with Crippen LogP contribution in [0.1, 0.15) is 68.1 Å². The Bertz CT molecular complexity index is 1560. The van der Waals surface area contributed by atoms with Crippen molar-refractivity contribution in [1.29, 1.82) is 0 Å². The Kier molecular flexibility index (Phi) is 7.20. The third-order valence-corrected chi connectivity index (χ3v) is 9.50. The average molecular weight is 603 g/mol. The summed E-state index contributed by atoms with van der Waals surface area (Å²) in [4.78, 5) is 30.9. The highest BCUT2D eigenvalue weighted by atomic mass is 19.1. The molecule has 4 heterocycles. The van der Waals surface area contributed by atoms with Gasteiger partial charge in [0.05, 0.1) is 17.4 Å². The van der Waals surface area contributed by atoms with Gasteiger partial charge in [0.2, 0.25) is 0 Å². The molecule has 4 aliphatic rings. The molecule has 2 aromatic heterocycles. The first kappa shape index (κ1) is 28.9. The number of benzene rings is 1. The molecule has 0 atom stereocenters. The highest BCUT2D eigenvalue weighted by Crippen LogP contribution is 2.52. The molecule has 2 aliphatic carbocycles. The second kappa shape index (κ2) is 11.0. The zero-order valence-corrected chi connectivity index (χ0v) is 25.4. The summed E-state index contributed by atoms with van der Waals surface area (Å²) in [6.07, 6.45) is 8.88. The molecule has 2 aliphatic heterocycles. The minimum Gasteiger partial charge on any atom is -0.490 e. The van der Waals surface area contributed by atoms with Crippen molar-refractivity contribution in [2.24, 2.45) is 5.41 Å². The van der Waals surface area contributed by atoms with E-state index in [4.69, 9.17) is 9.47 Å². The van der Waals surface area contributed by atoms with Crippen LogP contribution in [0.4, 0.5) is 10.2 Å². The van der Waals surface area contributed by atoms with Crippen LogP contribution in [0.5, 0.6) is 17.2 Å². The number of halogens is 1. The number of carbonyl (C=O) groups excluding carboxylic acids is 1. The molecule has 1 spiro atoms. The van der Waals surface area contributed by atoms with Crippen LogP contribution in [-0.4, -0.2) is 74.3 Å². The Balaban J connectivity index is 1.03. The van der Waals surface area contributed by atoms with Gasteiger partial charge in [-0.25, -0.2) is 14.4 Å². The zero-order chi connectivity index (χ0) is 30.6. The molecule has 0 bridgehead atoms. The van der Waals surface area contributed by atoms with E-state index >= 15 is 0 Å². The molecular weight excluding hydrogens is 563 g/mol. The Labute approximate surface area is 256 Å². The van der Waals surface area contributed by atoms with Crippen molar-refractivity contribution >= 4 is 11.7 Å². The summed E-state index contributed by atoms with van der Waals surface area (Å²) in [6, 6.07) is 5.69. The van der Waals surface area contributed by atoms with Gasteiger partial charge in [0.25, 0.3) is 5.91 Å². The summed E-state index contributed by atoms with van der Waals surface area (Å²) in [7, 11) is 0. The van der Waals surface area contributed by atoms with Gasteiger partial charge in [-0.15, -0.1) is 0 Å². The lowest BCUT2D eigenvalue weighted by Crippen LogP contribution is -2.65. The third kappa shape index (κ3) is 5.36. The number of aliphatic hydroxyl groups is 1. The van der Waals surface area contributed by atoms with E-state index in [9.17, 15) is 14.3 Å². The van der Waals surface area contributed by atoms with E-state index < -0.39 is 11.4 Å². The average Bonchev–Trinajstić information content (AvgIpc) is 2.94. The Morgan fingerprint density at radius 1 is 1.14 bits per heavy atom. The molecule has 3 fully saturated rings. The number of fused-ring (bicyclic) bond motifs is 1. The van der Waals surface area contributed by atoms with Crippen molar-refractivity contribution in [3.8, 4) is 17.2 Å². The molecule has 7 rings (SSSR count). The molecule has 3 aromatic rings. The van der Waals surface area contributed by atoms with Crippen LogP contribution in [0, 0.1) is 11.2 Å². The van der Waals surface area contributed by atoms with E-state index in [2.05, 4.69) is 25.2 Å². The van der Waals surface area contributed by atoms with Crippen LogP contribution in [0.3, 0.4) is 0 Å². The number of nitrogens with zero attached hydrogens (tertiary/aromatic N) is 5. The summed E-state index contributed by atoms with van der Waals surface area (Å²) in [5.74, 6) is 1.38. The minimum atomic E-state index is -0.799. The Hall–Kier alpha value is -3.83. The summed E-state index contributed by atoms with van der Waals surface area (Å²) < 4.78 is 27.2. The maximum Gasteiger partial charge on any atom is 0.258 e. The van der Waals surface area contributed by atoms with Crippen molar-refractivity contribution in [2.75, 3.05) is 24.5 Å². The monoisotopic (exact) mass is 602 g/mol. The van der Waals surface area contributed by atoms with Crippen molar-refractivity contribution in [3.05, 3.63) is 65.6 Å².